The zero-order valence-electron chi connectivity index (χ0n) is 20.8. The van der Waals surface area contributed by atoms with Gasteiger partial charge in [-0.3, -0.25) is 4.79 Å². The summed E-state index contributed by atoms with van der Waals surface area (Å²) in [7, 11) is 0. The Morgan fingerprint density at radius 3 is 2.89 bits per heavy atom. The minimum atomic E-state index is -0.164. The molecule has 2 fully saturated rings. The molecule has 1 saturated carbocycles. The van der Waals surface area contributed by atoms with Crippen LogP contribution in [0.5, 0.6) is 0 Å². The number of nitrogens with zero attached hydrogens (tertiary/aromatic N) is 3. The van der Waals surface area contributed by atoms with Gasteiger partial charge in [-0.25, -0.2) is 4.98 Å². The number of carbonyl (C=O) groups is 1. The SMILES string of the molecule is CC.O=C1Nc2ccnc(n2)NCCCC[C@@H]2CN(CCC23CC3)c2cc(NSCCO)ccc21. The molecule has 5 rings (SSSR count). The number of anilines is 4. The average Bonchev–Trinajstić information content (AvgIpc) is 3.66. The van der Waals surface area contributed by atoms with Gasteiger partial charge in [0.05, 0.1) is 17.9 Å². The van der Waals surface area contributed by atoms with Crippen LogP contribution in [0.15, 0.2) is 30.5 Å². The standard InChI is InChI=1S/C24H32N6O2S.C2H6/c31-13-14-33-29-18-4-5-19-20(15-18)30-12-9-24(7-8-24)17(16-30)3-1-2-10-25-23-26-11-6-21(28-23)27-22(19)32;1-2/h4-6,11,15,17,29,31H,1-3,7-10,12-14,16H2,(H2,25,26,27,28,32);1-2H3/t17-;/m1./s1. The normalized spacial score (nSPS) is 20.7. The maximum absolute atomic E-state index is 13.3. The quantitative estimate of drug-likeness (QED) is 0.345. The first-order valence-corrected chi connectivity index (χ1v) is 13.9. The molecule has 2 aliphatic heterocycles. The average molecular weight is 499 g/mol. The lowest BCUT2D eigenvalue weighted by Crippen LogP contribution is -2.42. The van der Waals surface area contributed by atoms with E-state index in [2.05, 4.69) is 36.3 Å². The van der Waals surface area contributed by atoms with Crippen molar-refractivity contribution in [2.75, 3.05) is 52.2 Å². The van der Waals surface area contributed by atoms with Crippen molar-refractivity contribution in [2.24, 2.45) is 11.3 Å². The van der Waals surface area contributed by atoms with Crippen molar-refractivity contribution in [3.05, 3.63) is 36.0 Å². The van der Waals surface area contributed by atoms with Crippen LogP contribution in [0.25, 0.3) is 0 Å². The van der Waals surface area contributed by atoms with Crippen LogP contribution in [0.4, 0.5) is 23.1 Å². The Morgan fingerprint density at radius 1 is 1.23 bits per heavy atom. The molecule has 8 nitrogen and oxygen atoms in total. The lowest BCUT2D eigenvalue weighted by molar-refractivity contribution is 0.102. The number of aromatic nitrogens is 2. The third kappa shape index (κ3) is 6.19. The number of rotatable bonds is 4. The van der Waals surface area contributed by atoms with Gasteiger partial charge in [0, 0.05) is 37.3 Å². The number of nitrogens with one attached hydrogen (secondary N) is 3. The summed E-state index contributed by atoms with van der Waals surface area (Å²) in [6.45, 7) is 6.93. The van der Waals surface area contributed by atoms with E-state index in [9.17, 15) is 4.79 Å². The zero-order chi connectivity index (χ0) is 24.7. The Balaban J connectivity index is 0.00000141. The number of carbonyl (C=O) groups excluding carboxylic acids is 1. The number of piperidine rings is 1. The monoisotopic (exact) mass is 498 g/mol. The summed E-state index contributed by atoms with van der Waals surface area (Å²) >= 11 is 1.47. The number of aliphatic hydroxyl groups excluding tert-OH is 1. The van der Waals surface area contributed by atoms with Gasteiger partial charge >= 0.3 is 0 Å². The Bertz CT molecular complexity index is 1000. The van der Waals surface area contributed by atoms with Crippen molar-refractivity contribution in [1.29, 1.82) is 0 Å². The fraction of sp³-hybridized carbons (Fsp3) is 0.577. The van der Waals surface area contributed by atoms with Gasteiger partial charge in [0.25, 0.3) is 5.91 Å². The van der Waals surface area contributed by atoms with Gasteiger partial charge in [-0.15, -0.1) is 0 Å². The molecule has 1 spiro atoms. The third-order valence-electron chi connectivity index (χ3n) is 7.20. The predicted octanol–water partition coefficient (Wildman–Crippen LogP) is 5.01. The van der Waals surface area contributed by atoms with Gasteiger partial charge in [-0.2, -0.15) is 4.98 Å². The van der Waals surface area contributed by atoms with Crippen molar-refractivity contribution in [1.82, 2.24) is 9.97 Å². The molecule has 4 N–H and O–H groups in total. The van der Waals surface area contributed by atoms with Crippen LogP contribution in [-0.2, 0) is 0 Å². The van der Waals surface area contributed by atoms with Crippen LogP contribution in [0.3, 0.4) is 0 Å². The summed E-state index contributed by atoms with van der Waals surface area (Å²) in [6, 6.07) is 7.61. The van der Waals surface area contributed by atoms with E-state index >= 15 is 0 Å². The van der Waals surface area contributed by atoms with Crippen molar-refractivity contribution < 1.29 is 9.90 Å². The highest BCUT2D eigenvalue weighted by Gasteiger charge is 2.51. The lowest BCUT2D eigenvalue weighted by Gasteiger charge is -2.41. The van der Waals surface area contributed by atoms with E-state index in [-0.39, 0.29) is 12.5 Å². The molecule has 35 heavy (non-hydrogen) atoms. The number of aliphatic hydroxyl groups is 1. The molecule has 4 bridgehead atoms. The second-order valence-corrected chi connectivity index (χ2v) is 10.2. The van der Waals surface area contributed by atoms with Crippen molar-refractivity contribution in [3.63, 3.8) is 0 Å². The molecule has 3 aliphatic rings. The first-order valence-electron chi connectivity index (χ1n) is 12.9. The van der Waals surface area contributed by atoms with Gasteiger partial charge in [0.2, 0.25) is 5.95 Å². The van der Waals surface area contributed by atoms with Crippen molar-refractivity contribution >= 4 is 41.0 Å². The summed E-state index contributed by atoms with van der Waals surface area (Å²) in [5, 5.41) is 15.4. The number of fused-ring (bicyclic) bond motifs is 7. The fourth-order valence-corrected chi connectivity index (χ4v) is 5.68. The predicted molar refractivity (Wildman–Crippen MR) is 145 cm³/mol. The number of amides is 1. The largest absolute Gasteiger partial charge is 0.395 e. The molecule has 1 aromatic heterocycles. The maximum Gasteiger partial charge on any atom is 0.258 e. The second-order valence-electron chi connectivity index (χ2n) is 9.30. The Kier molecular flexibility index (Phi) is 8.73. The van der Waals surface area contributed by atoms with Gasteiger partial charge in [0.1, 0.15) is 5.82 Å². The molecule has 1 saturated heterocycles. The summed E-state index contributed by atoms with van der Waals surface area (Å²) in [5.74, 6) is 2.14. The zero-order valence-corrected chi connectivity index (χ0v) is 21.7. The summed E-state index contributed by atoms with van der Waals surface area (Å²) in [5.41, 5.74) is 3.07. The highest BCUT2D eigenvalue weighted by Crippen LogP contribution is 2.58. The van der Waals surface area contributed by atoms with E-state index in [1.807, 2.05) is 26.0 Å². The minimum absolute atomic E-state index is 0.122. The molecule has 9 heteroatoms. The van der Waals surface area contributed by atoms with E-state index in [1.54, 1.807) is 12.3 Å². The van der Waals surface area contributed by atoms with E-state index in [0.717, 1.165) is 37.4 Å². The molecule has 0 unspecified atom stereocenters. The molecular weight excluding hydrogens is 460 g/mol. The van der Waals surface area contributed by atoms with Crippen molar-refractivity contribution in [2.45, 2.75) is 52.4 Å². The van der Waals surface area contributed by atoms with E-state index in [0.29, 0.717) is 34.4 Å². The smallest absolute Gasteiger partial charge is 0.258 e. The Hall–Kier alpha value is -2.52. The molecular formula is C26H38N6O2S. The number of benzene rings is 1. The van der Waals surface area contributed by atoms with E-state index in [1.165, 1.54) is 44.1 Å². The molecule has 1 aromatic carbocycles. The molecule has 1 amide bonds. The first-order chi connectivity index (χ1) is 17.2. The number of hydrogen-bond acceptors (Lipinski definition) is 8. The van der Waals surface area contributed by atoms with E-state index in [4.69, 9.17) is 5.11 Å². The first kappa shape index (κ1) is 25.6. The minimum Gasteiger partial charge on any atom is -0.395 e. The van der Waals surface area contributed by atoms with Gasteiger partial charge in [0.15, 0.2) is 0 Å². The molecule has 1 atom stereocenters. The summed E-state index contributed by atoms with van der Waals surface area (Å²) < 4.78 is 3.30. The van der Waals surface area contributed by atoms with Crippen molar-refractivity contribution in [3.8, 4) is 0 Å². The molecule has 0 radical (unpaired) electrons. The fourth-order valence-electron chi connectivity index (χ4n) is 5.19. The van der Waals surface area contributed by atoms with Gasteiger partial charge in [-0.1, -0.05) is 32.2 Å². The van der Waals surface area contributed by atoms with Gasteiger partial charge < -0.3 is 25.4 Å². The third-order valence-corrected chi connectivity index (χ3v) is 7.97. The van der Waals surface area contributed by atoms with Crippen LogP contribution in [-0.4, -0.2) is 53.0 Å². The highest BCUT2D eigenvalue weighted by atomic mass is 32.2. The lowest BCUT2D eigenvalue weighted by atomic mass is 9.79. The Labute approximate surface area is 212 Å². The summed E-state index contributed by atoms with van der Waals surface area (Å²) in [4.78, 5) is 24.5. The molecule has 3 heterocycles. The van der Waals surface area contributed by atoms with Crippen LogP contribution in [0.2, 0.25) is 0 Å². The molecule has 190 valence electrons. The van der Waals surface area contributed by atoms with E-state index < -0.39 is 0 Å². The molecule has 1 aliphatic carbocycles. The molecule has 2 aromatic rings. The van der Waals surface area contributed by atoms with Crippen LogP contribution in [0, 0.1) is 11.3 Å². The Morgan fingerprint density at radius 2 is 2.09 bits per heavy atom. The second kappa shape index (κ2) is 11.9. The maximum atomic E-state index is 13.3. The highest BCUT2D eigenvalue weighted by molar-refractivity contribution is 8.00. The van der Waals surface area contributed by atoms with Crippen LogP contribution in [0.1, 0.15) is 62.7 Å². The summed E-state index contributed by atoms with van der Waals surface area (Å²) in [6.07, 6.45) is 9.02. The van der Waals surface area contributed by atoms with Gasteiger partial charge in [-0.05, 0) is 67.7 Å². The number of hydrogen-bond donors (Lipinski definition) is 4. The topological polar surface area (TPSA) is 102 Å². The van der Waals surface area contributed by atoms with Crippen LogP contribution < -0.4 is 20.3 Å². The van der Waals surface area contributed by atoms with Crippen LogP contribution >= 0.6 is 11.9 Å².